The standard InChI is InChI=1S/C19H25ClN2O2/c20-15-6-8-16(9-7-15)22-17(10-11-18(22)23)19(24)21-13-12-14-4-2-1-3-5-14/h6-9,14,17H,1-5,10-13H2,(H,21,24)/t17-/m0/s1. The van der Waals surface area contributed by atoms with E-state index in [2.05, 4.69) is 5.32 Å². The molecule has 0 unspecified atom stereocenters. The highest BCUT2D eigenvalue weighted by Gasteiger charge is 2.36. The molecule has 1 aliphatic carbocycles. The van der Waals surface area contributed by atoms with E-state index in [0.29, 0.717) is 24.4 Å². The van der Waals surface area contributed by atoms with Gasteiger partial charge in [0.2, 0.25) is 11.8 Å². The zero-order chi connectivity index (χ0) is 16.9. The fraction of sp³-hybridized carbons (Fsp3) is 0.579. The second kappa shape index (κ2) is 8.02. The highest BCUT2D eigenvalue weighted by molar-refractivity contribution is 6.30. The molecule has 130 valence electrons. The van der Waals surface area contributed by atoms with Crippen molar-refractivity contribution in [2.45, 2.75) is 57.4 Å². The van der Waals surface area contributed by atoms with Crippen LogP contribution >= 0.6 is 11.6 Å². The summed E-state index contributed by atoms with van der Waals surface area (Å²) in [4.78, 5) is 26.4. The Hall–Kier alpha value is -1.55. The van der Waals surface area contributed by atoms with Crippen LogP contribution in [0.15, 0.2) is 24.3 Å². The molecule has 1 atom stereocenters. The minimum Gasteiger partial charge on any atom is -0.354 e. The molecule has 2 aliphatic rings. The molecule has 24 heavy (non-hydrogen) atoms. The van der Waals surface area contributed by atoms with Gasteiger partial charge in [-0.1, -0.05) is 43.7 Å². The van der Waals surface area contributed by atoms with Gasteiger partial charge in [0.15, 0.2) is 0 Å². The van der Waals surface area contributed by atoms with Crippen LogP contribution in [0.25, 0.3) is 0 Å². The van der Waals surface area contributed by atoms with Crippen LogP contribution in [0.3, 0.4) is 0 Å². The van der Waals surface area contributed by atoms with Crippen LogP contribution in [0.4, 0.5) is 5.69 Å². The van der Waals surface area contributed by atoms with E-state index < -0.39 is 6.04 Å². The van der Waals surface area contributed by atoms with Crippen molar-refractivity contribution in [2.75, 3.05) is 11.4 Å². The molecule has 0 spiro atoms. The number of benzene rings is 1. The van der Waals surface area contributed by atoms with Gasteiger partial charge in [0.25, 0.3) is 0 Å². The summed E-state index contributed by atoms with van der Waals surface area (Å²) in [5.41, 5.74) is 0.745. The number of halogens is 1. The second-order valence-electron chi connectivity index (χ2n) is 6.88. The molecule has 0 bridgehead atoms. The van der Waals surface area contributed by atoms with Crippen molar-refractivity contribution in [3.8, 4) is 0 Å². The van der Waals surface area contributed by atoms with Crippen LogP contribution < -0.4 is 10.2 Å². The molecule has 1 aromatic rings. The number of anilines is 1. The van der Waals surface area contributed by atoms with Gasteiger partial charge in [-0.15, -0.1) is 0 Å². The predicted molar refractivity (Wildman–Crippen MR) is 96.2 cm³/mol. The van der Waals surface area contributed by atoms with E-state index in [1.807, 2.05) is 0 Å². The predicted octanol–water partition coefficient (Wildman–Crippen LogP) is 3.92. The van der Waals surface area contributed by atoms with E-state index in [-0.39, 0.29) is 11.8 Å². The van der Waals surface area contributed by atoms with E-state index >= 15 is 0 Å². The monoisotopic (exact) mass is 348 g/mol. The topological polar surface area (TPSA) is 49.4 Å². The first-order valence-electron chi connectivity index (χ1n) is 9.00. The third-order valence-electron chi connectivity index (χ3n) is 5.20. The summed E-state index contributed by atoms with van der Waals surface area (Å²) >= 11 is 5.91. The molecule has 2 amide bonds. The number of rotatable bonds is 5. The Morgan fingerprint density at radius 3 is 2.54 bits per heavy atom. The number of amides is 2. The molecule has 0 aromatic heterocycles. The minimum atomic E-state index is -0.398. The highest BCUT2D eigenvalue weighted by atomic mass is 35.5. The molecule has 1 aliphatic heterocycles. The maximum atomic E-state index is 12.6. The largest absolute Gasteiger partial charge is 0.354 e. The van der Waals surface area contributed by atoms with Gasteiger partial charge >= 0.3 is 0 Å². The van der Waals surface area contributed by atoms with Gasteiger partial charge in [0, 0.05) is 23.7 Å². The van der Waals surface area contributed by atoms with Crippen LogP contribution in [0.1, 0.15) is 51.4 Å². The summed E-state index contributed by atoms with van der Waals surface area (Å²) in [6.45, 7) is 0.711. The molecule has 5 heteroatoms. The Morgan fingerprint density at radius 1 is 1.12 bits per heavy atom. The Balaban J connectivity index is 1.56. The molecule has 1 heterocycles. The maximum Gasteiger partial charge on any atom is 0.243 e. The van der Waals surface area contributed by atoms with E-state index in [4.69, 9.17) is 11.6 Å². The Labute approximate surface area is 148 Å². The third-order valence-corrected chi connectivity index (χ3v) is 5.45. The van der Waals surface area contributed by atoms with Crippen molar-refractivity contribution in [2.24, 2.45) is 5.92 Å². The fourth-order valence-electron chi connectivity index (χ4n) is 3.85. The van der Waals surface area contributed by atoms with Gasteiger partial charge in [0.05, 0.1) is 0 Å². The van der Waals surface area contributed by atoms with Crippen molar-refractivity contribution in [3.63, 3.8) is 0 Å². The van der Waals surface area contributed by atoms with Gasteiger partial charge in [-0.25, -0.2) is 0 Å². The van der Waals surface area contributed by atoms with Crippen molar-refractivity contribution >= 4 is 29.1 Å². The van der Waals surface area contributed by atoms with Crippen LogP contribution in [-0.4, -0.2) is 24.4 Å². The van der Waals surface area contributed by atoms with Crippen LogP contribution in [0.5, 0.6) is 0 Å². The number of hydrogen-bond donors (Lipinski definition) is 1. The van der Waals surface area contributed by atoms with Gasteiger partial charge < -0.3 is 5.32 Å². The van der Waals surface area contributed by atoms with Crippen LogP contribution in [-0.2, 0) is 9.59 Å². The smallest absolute Gasteiger partial charge is 0.243 e. The molecule has 2 fully saturated rings. The van der Waals surface area contributed by atoms with Crippen molar-refractivity contribution < 1.29 is 9.59 Å². The van der Waals surface area contributed by atoms with E-state index in [0.717, 1.165) is 18.0 Å². The fourth-order valence-corrected chi connectivity index (χ4v) is 3.98. The zero-order valence-electron chi connectivity index (χ0n) is 14.0. The number of hydrogen-bond acceptors (Lipinski definition) is 2. The lowest BCUT2D eigenvalue weighted by atomic mass is 9.87. The van der Waals surface area contributed by atoms with Crippen LogP contribution in [0, 0.1) is 5.92 Å². The van der Waals surface area contributed by atoms with E-state index in [1.54, 1.807) is 29.2 Å². The molecule has 3 rings (SSSR count). The quantitative estimate of drug-likeness (QED) is 0.876. The van der Waals surface area contributed by atoms with Crippen molar-refractivity contribution in [3.05, 3.63) is 29.3 Å². The minimum absolute atomic E-state index is 0.00440. The summed E-state index contributed by atoms with van der Waals surface area (Å²) in [6, 6.07) is 6.70. The lowest BCUT2D eigenvalue weighted by molar-refractivity contribution is -0.124. The zero-order valence-corrected chi connectivity index (χ0v) is 14.7. The Morgan fingerprint density at radius 2 is 1.83 bits per heavy atom. The summed E-state index contributed by atoms with van der Waals surface area (Å²) in [5.74, 6) is 0.716. The summed E-state index contributed by atoms with van der Waals surface area (Å²) in [5, 5.41) is 3.67. The normalized spacial score (nSPS) is 22.0. The molecule has 1 saturated heterocycles. The number of nitrogens with one attached hydrogen (secondary N) is 1. The number of carbonyl (C=O) groups is 2. The molecular weight excluding hydrogens is 324 g/mol. The number of carbonyl (C=O) groups excluding carboxylic acids is 2. The lowest BCUT2D eigenvalue weighted by Gasteiger charge is -2.25. The average Bonchev–Trinajstić information content (AvgIpc) is 2.98. The summed E-state index contributed by atoms with van der Waals surface area (Å²) < 4.78 is 0. The molecule has 4 nitrogen and oxygen atoms in total. The average molecular weight is 349 g/mol. The van der Waals surface area contributed by atoms with E-state index in [9.17, 15) is 9.59 Å². The summed E-state index contributed by atoms with van der Waals surface area (Å²) in [6.07, 6.45) is 8.61. The highest BCUT2D eigenvalue weighted by Crippen LogP contribution is 2.28. The molecule has 0 radical (unpaired) electrons. The van der Waals surface area contributed by atoms with Gasteiger partial charge in [-0.2, -0.15) is 0 Å². The van der Waals surface area contributed by atoms with Gasteiger partial charge in [-0.3, -0.25) is 14.5 Å². The Kier molecular flexibility index (Phi) is 5.77. The van der Waals surface area contributed by atoms with Crippen molar-refractivity contribution in [1.29, 1.82) is 0 Å². The maximum absolute atomic E-state index is 12.6. The first-order valence-corrected chi connectivity index (χ1v) is 9.38. The van der Waals surface area contributed by atoms with Crippen LogP contribution in [0.2, 0.25) is 5.02 Å². The first kappa shape index (κ1) is 17.3. The van der Waals surface area contributed by atoms with E-state index in [1.165, 1.54) is 32.1 Å². The molecule has 1 N–H and O–H groups in total. The molecule has 1 saturated carbocycles. The second-order valence-corrected chi connectivity index (χ2v) is 7.31. The third kappa shape index (κ3) is 4.10. The Bertz CT molecular complexity index is 582. The lowest BCUT2D eigenvalue weighted by Crippen LogP contribution is -2.45. The molecule has 1 aromatic carbocycles. The van der Waals surface area contributed by atoms with Gasteiger partial charge in [-0.05, 0) is 43.0 Å². The van der Waals surface area contributed by atoms with Crippen molar-refractivity contribution in [1.82, 2.24) is 5.32 Å². The van der Waals surface area contributed by atoms with Gasteiger partial charge in [0.1, 0.15) is 6.04 Å². The number of nitrogens with zero attached hydrogens (tertiary/aromatic N) is 1. The SMILES string of the molecule is O=C(NCCC1CCCCC1)[C@@H]1CCC(=O)N1c1ccc(Cl)cc1. The molecular formula is C19H25ClN2O2. The first-order chi connectivity index (χ1) is 11.6. The summed E-state index contributed by atoms with van der Waals surface area (Å²) in [7, 11) is 0.